The van der Waals surface area contributed by atoms with Crippen molar-refractivity contribution in [1.29, 1.82) is 0 Å². The minimum absolute atomic E-state index is 0.136. The van der Waals surface area contributed by atoms with Gasteiger partial charge in [-0.05, 0) is 48.5 Å². The summed E-state index contributed by atoms with van der Waals surface area (Å²) >= 11 is 7.61. The van der Waals surface area contributed by atoms with Gasteiger partial charge in [0, 0.05) is 25.9 Å². The Bertz CT molecular complexity index is 615. The number of halogens is 1. The monoisotopic (exact) mass is 319 g/mol. The predicted octanol–water partition coefficient (Wildman–Crippen LogP) is 5.48. The van der Waals surface area contributed by atoms with Gasteiger partial charge in [0.25, 0.3) is 5.91 Å². The molecule has 0 atom stereocenters. The average molecular weight is 320 g/mol. The molecule has 110 valence electrons. The number of hydrogen-bond acceptors (Lipinski definition) is 2. The summed E-state index contributed by atoms with van der Waals surface area (Å²) in [6.07, 6.45) is 0. The fourth-order valence-electron chi connectivity index (χ4n) is 1.76. The largest absolute Gasteiger partial charge is 0.322 e. The predicted molar refractivity (Wildman–Crippen MR) is 91.5 cm³/mol. The second kappa shape index (κ2) is 6.54. The summed E-state index contributed by atoms with van der Waals surface area (Å²) in [6, 6.07) is 14.7. The van der Waals surface area contributed by atoms with Crippen molar-refractivity contribution in [2.45, 2.75) is 30.4 Å². The molecule has 0 aliphatic carbocycles. The van der Waals surface area contributed by atoms with Crippen molar-refractivity contribution in [2.75, 3.05) is 5.32 Å². The van der Waals surface area contributed by atoms with Gasteiger partial charge in [-0.25, -0.2) is 0 Å². The first kappa shape index (κ1) is 15.9. The van der Waals surface area contributed by atoms with Crippen molar-refractivity contribution in [2.24, 2.45) is 0 Å². The first-order valence-electron chi connectivity index (χ1n) is 6.69. The Hall–Kier alpha value is -1.45. The highest BCUT2D eigenvalue weighted by atomic mass is 35.5. The molecule has 0 aliphatic heterocycles. The highest BCUT2D eigenvalue weighted by Crippen LogP contribution is 2.32. The third-order valence-electron chi connectivity index (χ3n) is 2.64. The van der Waals surface area contributed by atoms with Gasteiger partial charge < -0.3 is 5.32 Å². The Labute approximate surface area is 134 Å². The normalized spacial score (nSPS) is 11.2. The van der Waals surface area contributed by atoms with E-state index in [1.165, 1.54) is 4.90 Å². The molecule has 0 aliphatic rings. The molecular weight excluding hydrogens is 302 g/mol. The second-order valence-electron chi connectivity index (χ2n) is 5.70. The zero-order chi connectivity index (χ0) is 15.5. The van der Waals surface area contributed by atoms with Gasteiger partial charge in [0.2, 0.25) is 0 Å². The van der Waals surface area contributed by atoms with Gasteiger partial charge in [-0.1, -0.05) is 32.4 Å². The highest BCUT2D eigenvalue weighted by molar-refractivity contribution is 8.00. The van der Waals surface area contributed by atoms with Crippen molar-refractivity contribution in [3.63, 3.8) is 0 Å². The maximum atomic E-state index is 12.1. The molecule has 4 heteroatoms. The van der Waals surface area contributed by atoms with Crippen LogP contribution >= 0.6 is 23.4 Å². The van der Waals surface area contributed by atoms with Crippen molar-refractivity contribution in [3.05, 3.63) is 59.1 Å². The first-order valence-corrected chi connectivity index (χ1v) is 7.89. The molecule has 1 N–H and O–H groups in total. The summed E-state index contributed by atoms with van der Waals surface area (Å²) in [5, 5.41) is 3.50. The lowest BCUT2D eigenvalue weighted by Gasteiger charge is -2.17. The Morgan fingerprint density at radius 2 is 1.57 bits per heavy atom. The third kappa shape index (κ3) is 5.10. The summed E-state index contributed by atoms with van der Waals surface area (Å²) in [5.74, 6) is -0.136. The Balaban J connectivity index is 2.03. The molecule has 2 nitrogen and oxygen atoms in total. The van der Waals surface area contributed by atoms with Crippen LogP contribution in [0.5, 0.6) is 0 Å². The van der Waals surface area contributed by atoms with Crippen LogP contribution in [-0.2, 0) is 0 Å². The maximum Gasteiger partial charge on any atom is 0.255 e. The quantitative estimate of drug-likeness (QED) is 0.759. The zero-order valence-electron chi connectivity index (χ0n) is 12.3. The Morgan fingerprint density at radius 3 is 2.10 bits per heavy atom. The van der Waals surface area contributed by atoms with Crippen molar-refractivity contribution in [3.8, 4) is 0 Å². The molecule has 0 heterocycles. The molecule has 0 unspecified atom stereocenters. The van der Waals surface area contributed by atoms with E-state index in [2.05, 4.69) is 26.1 Å². The average Bonchev–Trinajstić information content (AvgIpc) is 2.40. The molecule has 2 aromatic rings. The summed E-state index contributed by atoms with van der Waals surface area (Å²) < 4.78 is 0.175. The molecule has 2 rings (SSSR count). The third-order valence-corrected chi connectivity index (χ3v) is 4.01. The first-order chi connectivity index (χ1) is 9.83. The van der Waals surface area contributed by atoms with Crippen LogP contribution in [0.4, 0.5) is 5.69 Å². The SMILES string of the molecule is CC(C)(C)Sc1ccc(NC(=O)c2ccc(Cl)cc2)cc1. The topological polar surface area (TPSA) is 29.1 Å². The molecular formula is C17H18ClNOS. The van der Waals surface area contributed by atoms with Gasteiger partial charge in [-0.2, -0.15) is 0 Å². The number of thioether (sulfide) groups is 1. The highest BCUT2D eigenvalue weighted by Gasteiger charge is 2.12. The minimum Gasteiger partial charge on any atom is -0.322 e. The van der Waals surface area contributed by atoms with Crippen LogP contribution < -0.4 is 5.32 Å². The molecule has 0 fully saturated rings. The standard InChI is InChI=1S/C17H18ClNOS/c1-17(2,3)21-15-10-8-14(9-11-15)19-16(20)12-4-6-13(18)7-5-12/h4-11H,1-3H3,(H,19,20). The molecule has 0 bridgehead atoms. The summed E-state index contributed by atoms with van der Waals surface area (Å²) in [4.78, 5) is 13.3. The van der Waals surface area contributed by atoms with Gasteiger partial charge in [-0.15, -0.1) is 11.8 Å². The summed E-state index contributed by atoms with van der Waals surface area (Å²) in [6.45, 7) is 6.52. The van der Waals surface area contributed by atoms with E-state index >= 15 is 0 Å². The smallest absolute Gasteiger partial charge is 0.255 e. The van der Waals surface area contributed by atoms with Crippen LogP contribution in [0.3, 0.4) is 0 Å². The lowest BCUT2D eigenvalue weighted by molar-refractivity contribution is 0.102. The second-order valence-corrected chi connectivity index (χ2v) is 8.04. The van der Waals surface area contributed by atoms with Crippen LogP contribution in [0.2, 0.25) is 5.02 Å². The molecule has 0 saturated carbocycles. The van der Waals surface area contributed by atoms with E-state index in [1.807, 2.05) is 24.3 Å². The fraction of sp³-hybridized carbons (Fsp3) is 0.235. The molecule has 0 spiro atoms. The van der Waals surface area contributed by atoms with E-state index in [-0.39, 0.29) is 10.7 Å². The van der Waals surface area contributed by atoms with Gasteiger partial charge >= 0.3 is 0 Å². The maximum absolute atomic E-state index is 12.1. The van der Waals surface area contributed by atoms with E-state index in [1.54, 1.807) is 36.0 Å². The van der Waals surface area contributed by atoms with Crippen LogP contribution in [0, 0.1) is 0 Å². The minimum atomic E-state index is -0.136. The summed E-state index contributed by atoms with van der Waals surface area (Å²) in [5.41, 5.74) is 1.38. The molecule has 2 aromatic carbocycles. The number of carbonyl (C=O) groups is 1. The number of anilines is 1. The zero-order valence-corrected chi connectivity index (χ0v) is 13.9. The van der Waals surface area contributed by atoms with Crippen LogP contribution in [0.15, 0.2) is 53.4 Å². The summed E-state index contributed by atoms with van der Waals surface area (Å²) in [7, 11) is 0. The molecule has 1 amide bonds. The van der Waals surface area contributed by atoms with Gasteiger partial charge in [0.15, 0.2) is 0 Å². The van der Waals surface area contributed by atoms with E-state index in [4.69, 9.17) is 11.6 Å². The molecule has 0 aromatic heterocycles. The molecule has 0 radical (unpaired) electrons. The van der Waals surface area contributed by atoms with Crippen molar-refractivity contribution in [1.82, 2.24) is 0 Å². The lowest BCUT2D eigenvalue weighted by atomic mass is 10.2. The van der Waals surface area contributed by atoms with E-state index in [0.29, 0.717) is 10.6 Å². The fourth-order valence-corrected chi connectivity index (χ4v) is 2.87. The van der Waals surface area contributed by atoms with Crippen LogP contribution in [-0.4, -0.2) is 10.7 Å². The number of nitrogens with one attached hydrogen (secondary N) is 1. The molecule has 0 saturated heterocycles. The number of benzene rings is 2. The van der Waals surface area contributed by atoms with Gasteiger partial charge in [-0.3, -0.25) is 4.79 Å². The molecule has 21 heavy (non-hydrogen) atoms. The number of carbonyl (C=O) groups excluding carboxylic acids is 1. The van der Waals surface area contributed by atoms with E-state index in [9.17, 15) is 4.79 Å². The number of rotatable bonds is 3. The Morgan fingerprint density at radius 1 is 1.00 bits per heavy atom. The van der Waals surface area contributed by atoms with Crippen molar-refractivity contribution < 1.29 is 4.79 Å². The van der Waals surface area contributed by atoms with Crippen LogP contribution in [0.1, 0.15) is 31.1 Å². The van der Waals surface area contributed by atoms with Crippen molar-refractivity contribution >= 4 is 35.0 Å². The van der Waals surface area contributed by atoms with Crippen LogP contribution in [0.25, 0.3) is 0 Å². The number of hydrogen-bond donors (Lipinski definition) is 1. The van der Waals surface area contributed by atoms with Gasteiger partial charge in [0.1, 0.15) is 0 Å². The Kier molecular flexibility index (Phi) is 4.96. The number of amides is 1. The van der Waals surface area contributed by atoms with Gasteiger partial charge in [0.05, 0.1) is 0 Å². The lowest BCUT2D eigenvalue weighted by Crippen LogP contribution is -2.11. The van der Waals surface area contributed by atoms with E-state index < -0.39 is 0 Å². The van der Waals surface area contributed by atoms with E-state index in [0.717, 1.165) is 5.69 Å².